The molecule has 0 atom stereocenters. The first kappa shape index (κ1) is 32.9. The van der Waals surface area contributed by atoms with Crippen molar-refractivity contribution in [3.8, 4) is 100 Å². The minimum absolute atomic E-state index is 1.23. The molecular weight excluding hydrogens is 697 g/mol. The van der Waals surface area contributed by atoms with Gasteiger partial charge in [-0.3, -0.25) is 0 Å². The number of rotatable bonds is 5. The summed E-state index contributed by atoms with van der Waals surface area (Å²) in [6, 6.07) is 72.1. The Bertz CT molecular complexity index is 3060. The second-order valence-corrected chi connectivity index (χ2v) is 15.9. The molecule has 0 unspecified atom stereocenters. The Hall–Kier alpha value is -7.28. The molecule has 0 heterocycles. The fraction of sp³-hybridized carbons (Fsp3) is 0.0345. The Labute approximate surface area is 339 Å². The Morgan fingerprint density at radius 2 is 0.466 bits per heavy atom. The molecule has 270 valence electrons. The fourth-order valence-corrected chi connectivity index (χ4v) is 10.7. The van der Waals surface area contributed by atoms with E-state index in [-0.39, 0.29) is 0 Å². The lowest BCUT2D eigenvalue weighted by Crippen LogP contribution is -2.04. The second kappa shape index (κ2) is 12.6. The molecule has 2 aliphatic carbocycles. The van der Waals surface area contributed by atoms with Gasteiger partial charge in [-0.25, -0.2) is 0 Å². The SMILES string of the molecule is Cc1c(-c2ccccc2)c2c(c(-c3ccccc3)c1-c1c(C)c(-c3ccccc3)c3c(c1-c1ccccc1)-c1cccc4cccc-3c14)-c1cccc3cccc-2c13. The van der Waals surface area contributed by atoms with Crippen molar-refractivity contribution >= 4 is 21.5 Å². The highest BCUT2D eigenvalue weighted by Gasteiger charge is 2.37. The van der Waals surface area contributed by atoms with Crippen molar-refractivity contribution in [2.45, 2.75) is 13.8 Å². The van der Waals surface area contributed by atoms with Gasteiger partial charge in [-0.2, -0.15) is 0 Å². The van der Waals surface area contributed by atoms with Crippen LogP contribution in [-0.2, 0) is 0 Å². The summed E-state index contributed by atoms with van der Waals surface area (Å²) >= 11 is 0. The van der Waals surface area contributed by atoms with Crippen molar-refractivity contribution < 1.29 is 0 Å². The minimum Gasteiger partial charge on any atom is -0.0622 e. The summed E-state index contributed by atoms with van der Waals surface area (Å²) in [6.45, 7) is 4.79. The zero-order valence-electron chi connectivity index (χ0n) is 32.5. The van der Waals surface area contributed by atoms with Crippen LogP contribution in [0.3, 0.4) is 0 Å². The molecule has 58 heavy (non-hydrogen) atoms. The van der Waals surface area contributed by atoms with E-state index >= 15 is 0 Å². The van der Waals surface area contributed by atoms with Gasteiger partial charge in [0.25, 0.3) is 0 Å². The molecule has 10 aromatic carbocycles. The molecule has 0 aromatic heterocycles. The van der Waals surface area contributed by atoms with Gasteiger partial charge in [-0.15, -0.1) is 0 Å². The summed E-state index contributed by atoms with van der Waals surface area (Å²) in [6.07, 6.45) is 0. The van der Waals surface area contributed by atoms with E-state index in [4.69, 9.17) is 0 Å². The molecule has 0 heteroatoms. The molecule has 0 radical (unpaired) electrons. The minimum atomic E-state index is 1.23. The zero-order valence-corrected chi connectivity index (χ0v) is 32.5. The highest BCUT2D eigenvalue weighted by molar-refractivity contribution is 6.27. The van der Waals surface area contributed by atoms with E-state index in [1.54, 1.807) is 0 Å². The number of fused-ring (bicyclic) bond motifs is 6. The molecule has 0 nitrogen and oxygen atoms in total. The van der Waals surface area contributed by atoms with Gasteiger partial charge in [0.15, 0.2) is 0 Å². The summed E-state index contributed by atoms with van der Waals surface area (Å²) < 4.78 is 0. The standard InChI is InChI=1S/C58H38/c1-35-47(37-19-7-3-8-20-37)55-43-31-15-27-39-29-17-33-45(51(39)43)57(55)53(41-23-11-5-12-24-41)49(35)50-36(2)48(38-21-9-4-10-22-38)56-44-32-16-28-40-30-18-34-46(52(40)44)58(56)54(50)42-25-13-6-14-26-42/h3-34H,1-2H3. The van der Waals surface area contributed by atoms with Crippen LogP contribution in [0.1, 0.15) is 11.1 Å². The lowest BCUT2D eigenvalue weighted by Gasteiger charge is -2.29. The Balaban J connectivity index is 1.36. The first-order valence-electron chi connectivity index (χ1n) is 20.4. The maximum Gasteiger partial charge on any atom is -0.000743 e. The molecule has 0 spiro atoms. The highest BCUT2D eigenvalue weighted by atomic mass is 14.4. The van der Waals surface area contributed by atoms with E-state index in [0.717, 1.165) is 0 Å². The van der Waals surface area contributed by atoms with Gasteiger partial charge in [-0.1, -0.05) is 194 Å². The van der Waals surface area contributed by atoms with Crippen molar-refractivity contribution in [2.75, 3.05) is 0 Å². The van der Waals surface area contributed by atoms with Crippen LogP contribution in [0.25, 0.3) is 122 Å². The third-order valence-electron chi connectivity index (χ3n) is 12.9. The van der Waals surface area contributed by atoms with Crippen molar-refractivity contribution in [1.29, 1.82) is 0 Å². The predicted octanol–water partition coefficient (Wildman–Crippen LogP) is 16.2. The normalized spacial score (nSPS) is 12.0. The quantitative estimate of drug-likeness (QED) is 0.165. The molecule has 0 fully saturated rings. The van der Waals surface area contributed by atoms with Crippen molar-refractivity contribution in [2.24, 2.45) is 0 Å². The number of hydrogen-bond donors (Lipinski definition) is 0. The van der Waals surface area contributed by atoms with Gasteiger partial charge in [-0.05, 0) is 147 Å². The van der Waals surface area contributed by atoms with Crippen molar-refractivity contribution in [1.82, 2.24) is 0 Å². The van der Waals surface area contributed by atoms with Crippen LogP contribution in [0.5, 0.6) is 0 Å². The third kappa shape index (κ3) is 4.52. The smallest absolute Gasteiger partial charge is 0.000743 e. The van der Waals surface area contributed by atoms with Crippen molar-refractivity contribution in [3.63, 3.8) is 0 Å². The first-order chi connectivity index (χ1) is 28.7. The molecule has 0 N–H and O–H groups in total. The van der Waals surface area contributed by atoms with Crippen LogP contribution in [0.15, 0.2) is 194 Å². The largest absolute Gasteiger partial charge is 0.0622 e. The van der Waals surface area contributed by atoms with Gasteiger partial charge in [0, 0.05) is 0 Å². The molecule has 0 saturated carbocycles. The van der Waals surface area contributed by atoms with Gasteiger partial charge in [0.1, 0.15) is 0 Å². The average molecular weight is 735 g/mol. The Morgan fingerprint density at radius 1 is 0.207 bits per heavy atom. The molecular formula is C58H38. The van der Waals surface area contributed by atoms with E-state index in [9.17, 15) is 0 Å². The van der Waals surface area contributed by atoms with Crippen LogP contribution in [0.2, 0.25) is 0 Å². The summed E-state index contributed by atoms with van der Waals surface area (Å²) in [7, 11) is 0. The van der Waals surface area contributed by atoms with Gasteiger partial charge in [0.05, 0.1) is 0 Å². The zero-order chi connectivity index (χ0) is 38.5. The lowest BCUT2D eigenvalue weighted by molar-refractivity contribution is 1.40. The van der Waals surface area contributed by atoms with Crippen molar-refractivity contribution in [3.05, 3.63) is 205 Å². The topological polar surface area (TPSA) is 0 Å². The molecule has 2 aliphatic rings. The van der Waals surface area contributed by atoms with E-state index in [0.29, 0.717) is 0 Å². The molecule has 0 amide bonds. The van der Waals surface area contributed by atoms with E-state index in [1.807, 2.05) is 0 Å². The molecule has 10 aromatic rings. The van der Waals surface area contributed by atoms with Gasteiger partial charge in [0.2, 0.25) is 0 Å². The molecule has 0 aliphatic heterocycles. The van der Waals surface area contributed by atoms with Gasteiger partial charge >= 0.3 is 0 Å². The molecule has 0 saturated heterocycles. The maximum absolute atomic E-state index is 2.40. The lowest BCUT2D eigenvalue weighted by atomic mass is 9.73. The van der Waals surface area contributed by atoms with Crippen LogP contribution in [0.4, 0.5) is 0 Å². The Kier molecular flexibility index (Phi) is 7.16. The summed E-state index contributed by atoms with van der Waals surface area (Å²) in [5, 5.41) is 5.23. The molecule has 12 rings (SSSR count). The second-order valence-electron chi connectivity index (χ2n) is 15.9. The third-order valence-corrected chi connectivity index (χ3v) is 12.9. The Morgan fingerprint density at radius 3 is 0.759 bits per heavy atom. The number of benzene rings is 10. The average Bonchev–Trinajstić information content (AvgIpc) is 3.79. The highest BCUT2D eigenvalue weighted by Crippen LogP contribution is 2.63. The summed E-state index contributed by atoms with van der Waals surface area (Å²) in [4.78, 5) is 0. The molecule has 0 bridgehead atoms. The van der Waals surface area contributed by atoms with Crippen LogP contribution in [0, 0.1) is 13.8 Å². The monoisotopic (exact) mass is 734 g/mol. The number of hydrogen-bond acceptors (Lipinski definition) is 0. The van der Waals surface area contributed by atoms with E-state index in [1.165, 1.54) is 133 Å². The summed E-state index contributed by atoms with van der Waals surface area (Å²) in [5.41, 5.74) is 25.9. The van der Waals surface area contributed by atoms with Gasteiger partial charge < -0.3 is 0 Å². The fourth-order valence-electron chi connectivity index (χ4n) is 10.7. The van der Waals surface area contributed by atoms with Crippen LogP contribution < -0.4 is 0 Å². The predicted molar refractivity (Wildman–Crippen MR) is 247 cm³/mol. The van der Waals surface area contributed by atoms with E-state index < -0.39 is 0 Å². The van der Waals surface area contributed by atoms with Crippen LogP contribution in [-0.4, -0.2) is 0 Å². The van der Waals surface area contributed by atoms with E-state index in [2.05, 4.69) is 208 Å². The summed E-state index contributed by atoms with van der Waals surface area (Å²) in [5.74, 6) is 0. The first-order valence-corrected chi connectivity index (χ1v) is 20.4. The van der Waals surface area contributed by atoms with Crippen LogP contribution >= 0.6 is 0 Å². The maximum atomic E-state index is 2.40.